The zero-order chi connectivity index (χ0) is 16.8. The van der Waals surface area contributed by atoms with Crippen LogP contribution in [0.4, 0.5) is 0 Å². The van der Waals surface area contributed by atoms with Crippen LogP contribution in [0.1, 0.15) is 66.2 Å². The van der Waals surface area contributed by atoms with Gasteiger partial charge in [0.15, 0.2) is 0 Å². The summed E-state index contributed by atoms with van der Waals surface area (Å²) in [5.74, 6) is 0.956. The van der Waals surface area contributed by atoms with Gasteiger partial charge in [-0.25, -0.2) is 0 Å². The van der Waals surface area contributed by atoms with Gasteiger partial charge in [0.2, 0.25) is 0 Å². The molecule has 126 valence electrons. The summed E-state index contributed by atoms with van der Waals surface area (Å²) in [5.41, 5.74) is 0.695. The maximum Gasteiger partial charge on any atom is 0.0797 e. The summed E-state index contributed by atoms with van der Waals surface area (Å²) < 4.78 is 0. The number of aliphatic hydroxyl groups is 2. The molecule has 0 amide bonds. The smallest absolute Gasteiger partial charge is 0.0797 e. The van der Waals surface area contributed by atoms with Gasteiger partial charge in [0, 0.05) is 0 Å². The van der Waals surface area contributed by atoms with Crippen molar-refractivity contribution in [1.29, 1.82) is 0 Å². The van der Waals surface area contributed by atoms with Crippen LogP contribution >= 0.6 is 0 Å². The summed E-state index contributed by atoms with van der Waals surface area (Å²) in [4.78, 5) is 0. The van der Waals surface area contributed by atoms with E-state index in [2.05, 4.69) is 33.9 Å². The summed E-state index contributed by atoms with van der Waals surface area (Å²) in [5, 5.41) is 20.7. The topological polar surface area (TPSA) is 40.5 Å². The molecule has 2 aliphatic rings. The van der Waals surface area contributed by atoms with E-state index in [9.17, 15) is 10.2 Å². The second-order valence-corrected chi connectivity index (χ2v) is 8.78. The maximum atomic E-state index is 10.5. The first-order chi connectivity index (χ1) is 10.0. The van der Waals surface area contributed by atoms with E-state index >= 15 is 0 Å². The Bertz CT molecular complexity index is 449. The molecule has 2 rings (SSSR count). The van der Waals surface area contributed by atoms with E-state index in [1.54, 1.807) is 6.08 Å². The molecule has 5 atom stereocenters. The first-order valence-corrected chi connectivity index (χ1v) is 8.76. The van der Waals surface area contributed by atoms with Gasteiger partial charge in [0.05, 0.1) is 11.7 Å². The molecule has 0 aliphatic heterocycles. The molecule has 2 saturated carbocycles. The highest BCUT2D eigenvalue weighted by Crippen LogP contribution is 2.61. The van der Waals surface area contributed by atoms with Gasteiger partial charge in [-0.15, -0.1) is 6.58 Å². The third-order valence-electron chi connectivity index (χ3n) is 6.93. The number of hydrogen-bond donors (Lipinski definition) is 2. The van der Waals surface area contributed by atoms with Crippen LogP contribution in [-0.4, -0.2) is 21.9 Å². The quantitative estimate of drug-likeness (QED) is 0.752. The molecule has 0 spiro atoms. The largest absolute Gasteiger partial charge is 0.393 e. The lowest BCUT2D eigenvalue weighted by atomic mass is 9.46. The van der Waals surface area contributed by atoms with Crippen molar-refractivity contribution < 1.29 is 10.2 Å². The van der Waals surface area contributed by atoms with Crippen LogP contribution in [0, 0.1) is 22.7 Å². The number of rotatable bonds is 4. The summed E-state index contributed by atoms with van der Waals surface area (Å²) in [6, 6.07) is 0. The highest BCUT2D eigenvalue weighted by atomic mass is 16.3. The average molecular weight is 306 g/mol. The standard InChI is InChI=1S/C20H34O2/c1-7-19(5,22)12-10-15-14(2)8-9-16-18(3,4)17(21)11-13-20(15,16)6/h7,15-17,21-22H,1-2,8-13H2,3-6H3/t15-,16-,17+,19-,20+/m0/s1. The molecule has 0 aromatic heterocycles. The molecule has 0 unspecified atom stereocenters. The molecular formula is C20H34O2. The van der Waals surface area contributed by atoms with Gasteiger partial charge in [0.1, 0.15) is 0 Å². The van der Waals surface area contributed by atoms with Crippen molar-refractivity contribution in [2.24, 2.45) is 22.7 Å². The Morgan fingerprint density at radius 2 is 1.95 bits per heavy atom. The minimum atomic E-state index is -0.798. The SMILES string of the molecule is C=C[C@](C)(O)CC[C@H]1C(=C)CC[C@H]2C(C)(C)[C@H](O)CC[C@]12C. The van der Waals surface area contributed by atoms with E-state index in [0.29, 0.717) is 11.8 Å². The fraction of sp³-hybridized carbons (Fsp3) is 0.800. The Morgan fingerprint density at radius 1 is 1.32 bits per heavy atom. The monoisotopic (exact) mass is 306 g/mol. The molecule has 2 aliphatic carbocycles. The molecule has 0 saturated heterocycles. The second-order valence-electron chi connectivity index (χ2n) is 8.78. The maximum absolute atomic E-state index is 10.5. The van der Waals surface area contributed by atoms with E-state index in [1.807, 2.05) is 6.92 Å². The zero-order valence-electron chi connectivity index (χ0n) is 14.9. The number of allylic oxidation sites excluding steroid dienone is 1. The van der Waals surface area contributed by atoms with Crippen molar-refractivity contribution >= 4 is 0 Å². The zero-order valence-corrected chi connectivity index (χ0v) is 14.9. The minimum absolute atomic E-state index is 0.0348. The van der Waals surface area contributed by atoms with E-state index in [1.165, 1.54) is 5.57 Å². The van der Waals surface area contributed by atoms with Crippen LogP contribution in [0.15, 0.2) is 24.8 Å². The summed E-state index contributed by atoms with van der Waals surface area (Å²) in [7, 11) is 0. The summed E-state index contributed by atoms with van der Waals surface area (Å²) in [6.07, 6.45) is 7.25. The lowest BCUT2D eigenvalue weighted by Gasteiger charge is -2.59. The molecule has 0 aromatic carbocycles. The van der Waals surface area contributed by atoms with Crippen molar-refractivity contribution in [2.75, 3.05) is 0 Å². The Balaban J connectivity index is 2.25. The predicted molar refractivity (Wildman–Crippen MR) is 92.5 cm³/mol. The molecular weight excluding hydrogens is 272 g/mol. The van der Waals surface area contributed by atoms with Gasteiger partial charge in [-0.05, 0) is 68.1 Å². The van der Waals surface area contributed by atoms with E-state index in [0.717, 1.165) is 38.5 Å². The minimum Gasteiger partial charge on any atom is -0.393 e. The second kappa shape index (κ2) is 5.79. The van der Waals surface area contributed by atoms with Crippen LogP contribution in [0.2, 0.25) is 0 Å². The van der Waals surface area contributed by atoms with E-state index < -0.39 is 5.60 Å². The first-order valence-electron chi connectivity index (χ1n) is 8.76. The van der Waals surface area contributed by atoms with Crippen molar-refractivity contribution in [3.8, 4) is 0 Å². The molecule has 0 aromatic rings. The highest BCUT2D eigenvalue weighted by Gasteiger charge is 2.55. The lowest BCUT2D eigenvalue weighted by molar-refractivity contribution is -0.126. The summed E-state index contributed by atoms with van der Waals surface area (Å²) >= 11 is 0. The first kappa shape index (κ1) is 17.7. The average Bonchev–Trinajstić information content (AvgIpc) is 2.42. The number of fused-ring (bicyclic) bond motifs is 1. The van der Waals surface area contributed by atoms with E-state index in [4.69, 9.17) is 0 Å². The molecule has 22 heavy (non-hydrogen) atoms. The fourth-order valence-corrected chi connectivity index (χ4v) is 5.24. The normalized spacial score (nSPS) is 40.6. The Morgan fingerprint density at radius 3 is 2.55 bits per heavy atom. The molecule has 2 heteroatoms. The van der Waals surface area contributed by atoms with Gasteiger partial charge < -0.3 is 10.2 Å². The molecule has 2 nitrogen and oxygen atoms in total. The Hall–Kier alpha value is -0.600. The van der Waals surface area contributed by atoms with Gasteiger partial charge in [-0.3, -0.25) is 0 Å². The number of aliphatic hydroxyl groups excluding tert-OH is 1. The van der Waals surface area contributed by atoms with E-state index in [-0.39, 0.29) is 16.9 Å². The van der Waals surface area contributed by atoms with Crippen LogP contribution in [0.25, 0.3) is 0 Å². The van der Waals surface area contributed by atoms with Crippen molar-refractivity contribution in [2.45, 2.75) is 77.9 Å². The van der Waals surface area contributed by atoms with Crippen LogP contribution < -0.4 is 0 Å². The Labute approximate surface area is 136 Å². The van der Waals surface area contributed by atoms with Gasteiger partial charge >= 0.3 is 0 Å². The van der Waals surface area contributed by atoms with Crippen molar-refractivity contribution in [3.63, 3.8) is 0 Å². The van der Waals surface area contributed by atoms with Crippen molar-refractivity contribution in [3.05, 3.63) is 24.8 Å². The molecule has 0 bridgehead atoms. The van der Waals surface area contributed by atoms with Crippen molar-refractivity contribution in [1.82, 2.24) is 0 Å². The van der Waals surface area contributed by atoms with Gasteiger partial charge in [0.25, 0.3) is 0 Å². The van der Waals surface area contributed by atoms with Crippen LogP contribution in [0.3, 0.4) is 0 Å². The lowest BCUT2D eigenvalue weighted by Crippen LogP contribution is -2.54. The molecule has 2 N–H and O–H groups in total. The van der Waals surface area contributed by atoms with Crippen LogP contribution in [0.5, 0.6) is 0 Å². The summed E-state index contributed by atoms with van der Waals surface area (Å²) in [6.45, 7) is 16.8. The van der Waals surface area contributed by atoms with Gasteiger partial charge in [-0.1, -0.05) is 39.0 Å². The highest BCUT2D eigenvalue weighted by molar-refractivity contribution is 5.17. The Kier molecular flexibility index (Phi) is 4.68. The number of hydrogen-bond acceptors (Lipinski definition) is 2. The third kappa shape index (κ3) is 2.92. The molecule has 0 radical (unpaired) electrons. The third-order valence-corrected chi connectivity index (χ3v) is 6.93. The van der Waals surface area contributed by atoms with Crippen LogP contribution in [-0.2, 0) is 0 Å². The van der Waals surface area contributed by atoms with Gasteiger partial charge in [-0.2, -0.15) is 0 Å². The fourth-order valence-electron chi connectivity index (χ4n) is 5.24. The molecule has 2 fully saturated rings. The molecule has 0 heterocycles. The predicted octanol–water partition coefficient (Wildman–Crippen LogP) is 4.47.